The largest absolute Gasteiger partial charge is 0.378 e. The number of pyridine rings is 1. The van der Waals surface area contributed by atoms with Crippen LogP contribution in [0, 0.1) is 0 Å². The second kappa shape index (κ2) is 10.6. The first-order valence-electron chi connectivity index (χ1n) is 11.3. The zero-order valence-electron chi connectivity index (χ0n) is 19.0. The number of carbonyl (C=O) groups excluding carboxylic acids is 1. The number of fused-ring (bicyclic) bond motifs is 1. The first kappa shape index (κ1) is 23.6. The molecule has 2 aromatic carbocycles. The maximum atomic E-state index is 11.9. The van der Waals surface area contributed by atoms with Gasteiger partial charge >= 0.3 is 6.03 Å². The zero-order valence-corrected chi connectivity index (χ0v) is 19.8. The van der Waals surface area contributed by atoms with Crippen LogP contribution in [0.25, 0.3) is 28.0 Å². The van der Waals surface area contributed by atoms with E-state index < -0.39 is 0 Å². The third-order valence-corrected chi connectivity index (χ3v) is 5.84. The maximum absolute atomic E-state index is 11.9. The van der Waals surface area contributed by atoms with Gasteiger partial charge in [0.15, 0.2) is 0 Å². The number of morpholine rings is 1. The summed E-state index contributed by atoms with van der Waals surface area (Å²) >= 11 is 0. The Balaban J connectivity index is 0.00000274. The minimum Gasteiger partial charge on any atom is -0.378 e. The number of imidazole rings is 1. The smallest absolute Gasteiger partial charge is 0.319 e. The summed E-state index contributed by atoms with van der Waals surface area (Å²) in [6.07, 6.45) is 3.92. The molecule has 1 aliphatic heterocycles. The lowest BCUT2D eigenvalue weighted by molar-refractivity contribution is 0.122. The number of hydrogen-bond acceptors (Lipinski definition) is 4. The summed E-state index contributed by atoms with van der Waals surface area (Å²) in [6.45, 7) is 5.90. The summed E-state index contributed by atoms with van der Waals surface area (Å²) in [5.41, 5.74) is 7.09. The van der Waals surface area contributed by atoms with Gasteiger partial charge in [-0.1, -0.05) is 24.3 Å². The van der Waals surface area contributed by atoms with Crippen LogP contribution in [0.2, 0.25) is 0 Å². The minimum absolute atomic E-state index is 0. The molecule has 0 radical (unpaired) electrons. The van der Waals surface area contributed by atoms with Gasteiger partial charge in [-0.05, 0) is 54.4 Å². The van der Waals surface area contributed by atoms with E-state index in [0.717, 1.165) is 60.0 Å². The van der Waals surface area contributed by atoms with E-state index in [-0.39, 0.29) is 18.4 Å². The Labute approximate surface area is 205 Å². The molecule has 4 aromatic rings. The Bertz CT molecular complexity index is 1270. The van der Waals surface area contributed by atoms with Crippen molar-refractivity contribution in [3.05, 3.63) is 73.1 Å². The van der Waals surface area contributed by atoms with Crippen molar-refractivity contribution in [3.63, 3.8) is 0 Å². The maximum Gasteiger partial charge on any atom is 0.319 e. The van der Waals surface area contributed by atoms with E-state index in [1.54, 1.807) is 0 Å². The Hall–Kier alpha value is -3.55. The summed E-state index contributed by atoms with van der Waals surface area (Å²) in [7, 11) is 0. The number of urea groups is 1. The van der Waals surface area contributed by atoms with E-state index in [9.17, 15) is 4.79 Å². The van der Waals surface area contributed by atoms with Crippen LogP contribution in [-0.4, -0.2) is 48.3 Å². The normalized spacial score (nSPS) is 13.4. The van der Waals surface area contributed by atoms with Gasteiger partial charge in [-0.15, -0.1) is 12.4 Å². The highest BCUT2D eigenvalue weighted by Crippen LogP contribution is 2.28. The molecule has 0 atom stereocenters. The number of hydrogen-bond donors (Lipinski definition) is 2. The Morgan fingerprint density at radius 3 is 2.56 bits per heavy atom. The van der Waals surface area contributed by atoms with E-state index in [2.05, 4.69) is 61.3 Å². The zero-order chi connectivity index (χ0) is 22.6. The molecule has 0 unspecified atom stereocenters. The highest BCUT2D eigenvalue weighted by atomic mass is 35.5. The van der Waals surface area contributed by atoms with Crippen molar-refractivity contribution in [2.75, 3.05) is 43.1 Å². The summed E-state index contributed by atoms with van der Waals surface area (Å²) in [4.78, 5) is 18.8. The van der Waals surface area contributed by atoms with Crippen LogP contribution < -0.4 is 15.5 Å². The first-order valence-corrected chi connectivity index (χ1v) is 11.3. The Morgan fingerprint density at radius 1 is 1.00 bits per heavy atom. The van der Waals surface area contributed by atoms with Crippen LogP contribution in [0.4, 0.5) is 16.2 Å². The summed E-state index contributed by atoms with van der Waals surface area (Å²) in [6, 6.07) is 20.5. The summed E-state index contributed by atoms with van der Waals surface area (Å²) < 4.78 is 7.52. The lowest BCUT2D eigenvalue weighted by atomic mass is 10.1. The Kier molecular flexibility index (Phi) is 7.35. The van der Waals surface area contributed by atoms with E-state index in [1.165, 1.54) is 5.69 Å². The van der Waals surface area contributed by atoms with Crippen molar-refractivity contribution >= 4 is 35.5 Å². The molecule has 5 rings (SSSR count). The van der Waals surface area contributed by atoms with Gasteiger partial charge in [0, 0.05) is 42.8 Å². The summed E-state index contributed by atoms with van der Waals surface area (Å²) in [5, 5.41) is 5.61. The number of halogens is 1. The van der Waals surface area contributed by atoms with E-state index in [1.807, 2.05) is 43.6 Å². The molecule has 1 saturated heterocycles. The van der Waals surface area contributed by atoms with Gasteiger partial charge < -0.3 is 20.3 Å². The number of carbonyl (C=O) groups is 1. The Morgan fingerprint density at radius 2 is 1.79 bits per heavy atom. The van der Waals surface area contributed by atoms with E-state index >= 15 is 0 Å². The standard InChI is InChI=1S/C26H27N5O2.ClH/c1-2-27-26(32)29-22-5-3-4-21(16-22)24-18-28-25-17-20(10-11-31(24)25)19-6-8-23(9-7-19)30-12-14-33-15-13-30;/h3-11,16-18H,2,12-15H2,1H3,(H2,27,29,32);1H. The average Bonchev–Trinajstić information content (AvgIpc) is 3.28. The van der Waals surface area contributed by atoms with Crippen LogP contribution in [0.3, 0.4) is 0 Å². The van der Waals surface area contributed by atoms with Gasteiger partial charge in [-0.2, -0.15) is 0 Å². The number of rotatable bonds is 5. The predicted octanol–water partition coefficient (Wildman–Crippen LogP) is 5.07. The van der Waals surface area contributed by atoms with Crippen LogP contribution in [0.1, 0.15) is 6.92 Å². The fourth-order valence-corrected chi connectivity index (χ4v) is 4.15. The number of ether oxygens (including phenoxy) is 1. The molecule has 3 heterocycles. The number of anilines is 2. The van der Waals surface area contributed by atoms with Gasteiger partial charge in [-0.25, -0.2) is 9.78 Å². The van der Waals surface area contributed by atoms with Crippen LogP contribution >= 0.6 is 12.4 Å². The minimum atomic E-state index is -0.211. The fourth-order valence-electron chi connectivity index (χ4n) is 4.15. The topological polar surface area (TPSA) is 70.9 Å². The lowest BCUT2D eigenvalue weighted by Gasteiger charge is -2.28. The monoisotopic (exact) mass is 477 g/mol. The molecular weight excluding hydrogens is 450 g/mol. The number of aromatic nitrogens is 2. The van der Waals surface area contributed by atoms with Gasteiger partial charge in [0.1, 0.15) is 5.65 Å². The SMILES string of the molecule is CCNC(=O)Nc1cccc(-c2cnc3cc(-c4ccc(N5CCOCC5)cc4)ccn23)c1.Cl. The van der Waals surface area contributed by atoms with Gasteiger partial charge in [0.05, 0.1) is 25.1 Å². The number of nitrogens with one attached hydrogen (secondary N) is 2. The molecule has 1 aliphatic rings. The second-order valence-corrected chi connectivity index (χ2v) is 8.00. The number of benzene rings is 2. The molecule has 0 bridgehead atoms. The third-order valence-electron chi connectivity index (χ3n) is 5.84. The average molecular weight is 478 g/mol. The molecule has 2 amide bonds. The van der Waals surface area contributed by atoms with E-state index in [4.69, 9.17) is 4.74 Å². The van der Waals surface area contributed by atoms with Crippen LogP contribution in [0.5, 0.6) is 0 Å². The molecule has 176 valence electrons. The van der Waals surface area contributed by atoms with Crippen molar-refractivity contribution in [3.8, 4) is 22.4 Å². The molecule has 2 N–H and O–H groups in total. The third kappa shape index (κ3) is 5.00. The molecule has 34 heavy (non-hydrogen) atoms. The van der Waals surface area contributed by atoms with Crippen LogP contribution in [0.15, 0.2) is 73.1 Å². The van der Waals surface area contributed by atoms with E-state index in [0.29, 0.717) is 6.54 Å². The van der Waals surface area contributed by atoms with Crippen molar-refractivity contribution < 1.29 is 9.53 Å². The molecule has 0 aliphatic carbocycles. The van der Waals surface area contributed by atoms with Gasteiger partial charge in [0.2, 0.25) is 0 Å². The molecule has 7 nitrogen and oxygen atoms in total. The quantitative estimate of drug-likeness (QED) is 0.421. The van der Waals surface area contributed by atoms with Crippen molar-refractivity contribution in [2.24, 2.45) is 0 Å². The van der Waals surface area contributed by atoms with Crippen molar-refractivity contribution in [1.82, 2.24) is 14.7 Å². The highest BCUT2D eigenvalue weighted by molar-refractivity contribution is 5.90. The molecule has 2 aromatic heterocycles. The second-order valence-electron chi connectivity index (χ2n) is 8.00. The molecule has 0 spiro atoms. The highest BCUT2D eigenvalue weighted by Gasteiger charge is 2.12. The molecule has 0 saturated carbocycles. The van der Waals surface area contributed by atoms with Gasteiger partial charge in [-0.3, -0.25) is 4.40 Å². The molecule has 8 heteroatoms. The fraction of sp³-hybridized carbons (Fsp3) is 0.231. The molecular formula is C26H28ClN5O2. The van der Waals surface area contributed by atoms with Crippen molar-refractivity contribution in [1.29, 1.82) is 0 Å². The predicted molar refractivity (Wildman–Crippen MR) is 139 cm³/mol. The summed E-state index contributed by atoms with van der Waals surface area (Å²) in [5.74, 6) is 0. The lowest BCUT2D eigenvalue weighted by Crippen LogP contribution is -2.36. The first-order chi connectivity index (χ1) is 16.2. The molecule has 1 fully saturated rings. The van der Waals surface area contributed by atoms with Crippen LogP contribution in [-0.2, 0) is 4.74 Å². The van der Waals surface area contributed by atoms with Gasteiger partial charge in [0.25, 0.3) is 0 Å². The number of amides is 2. The van der Waals surface area contributed by atoms with Crippen molar-refractivity contribution in [2.45, 2.75) is 6.92 Å². The number of nitrogens with zero attached hydrogens (tertiary/aromatic N) is 3.